The van der Waals surface area contributed by atoms with Crippen LogP contribution in [0.15, 0.2) is 24.3 Å². The van der Waals surface area contributed by atoms with Crippen LogP contribution >= 0.6 is 0 Å². The molecule has 21 heavy (non-hydrogen) atoms. The highest BCUT2D eigenvalue weighted by Gasteiger charge is 2.38. The molecule has 0 radical (unpaired) electrons. The van der Waals surface area contributed by atoms with E-state index in [1.54, 1.807) is 12.1 Å². The summed E-state index contributed by atoms with van der Waals surface area (Å²) < 4.78 is 14.2. The number of halogens is 1. The average molecular weight is 290 g/mol. The number of likely N-dealkylation sites (tertiary alicyclic amines) is 1. The van der Waals surface area contributed by atoms with Gasteiger partial charge in [0.25, 0.3) is 0 Å². The maximum absolute atomic E-state index is 14.2. The van der Waals surface area contributed by atoms with Crippen LogP contribution < -0.4 is 5.32 Å². The largest absolute Gasteiger partial charge is 0.316 e. The Labute approximate surface area is 127 Å². The predicted molar refractivity (Wildman–Crippen MR) is 84.8 cm³/mol. The molecule has 1 N–H and O–H groups in total. The zero-order valence-electron chi connectivity index (χ0n) is 13.1. The molecule has 1 aromatic carbocycles. The SMILES string of the molecule is CCC(c1ccccc1F)N1CCCC2(CCCNC2)C1. The maximum atomic E-state index is 14.2. The lowest BCUT2D eigenvalue weighted by Gasteiger charge is -2.48. The highest BCUT2D eigenvalue weighted by molar-refractivity contribution is 5.21. The van der Waals surface area contributed by atoms with Crippen molar-refractivity contribution in [3.8, 4) is 0 Å². The van der Waals surface area contributed by atoms with Gasteiger partial charge in [-0.25, -0.2) is 4.39 Å². The summed E-state index contributed by atoms with van der Waals surface area (Å²) >= 11 is 0. The Morgan fingerprint density at radius 3 is 2.81 bits per heavy atom. The van der Waals surface area contributed by atoms with Crippen LogP contribution in [0.25, 0.3) is 0 Å². The molecule has 1 aromatic rings. The van der Waals surface area contributed by atoms with Gasteiger partial charge in [0, 0.05) is 24.7 Å². The number of hydrogen-bond acceptors (Lipinski definition) is 2. The Morgan fingerprint density at radius 1 is 1.29 bits per heavy atom. The average Bonchev–Trinajstić information content (AvgIpc) is 2.51. The van der Waals surface area contributed by atoms with Gasteiger partial charge in [-0.2, -0.15) is 0 Å². The van der Waals surface area contributed by atoms with Crippen LogP contribution in [0.4, 0.5) is 4.39 Å². The third-order valence-corrected chi connectivity index (χ3v) is 5.34. The van der Waals surface area contributed by atoms with Crippen LogP contribution in [0.3, 0.4) is 0 Å². The van der Waals surface area contributed by atoms with E-state index in [1.165, 1.54) is 25.7 Å². The zero-order chi connectivity index (χ0) is 14.7. The number of benzene rings is 1. The van der Waals surface area contributed by atoms with Gasteiger partial charge in [-0.15, -0.1) is 0 Å². The summed E-state index contributed by atoms with van der Waals surface area (Å²) in [6, 6.07) is 7.53. The highest BCUT2D eigenvalue weighted by Crippen LogP contribution is 2.39. The third kappa shape index (κ3) is 3.14. The molecule has 1 spiro atoms. The Balaban J connectivity index is 1.79. The molecule has 2 fully saturated rings. The van der Waals surface area contributed by atoms with Gasteiger partial charge in [0.2, 0.25) is 0 Å². The Hall–Kier alpha value is -0.930. The fourth-order valence-electron chi connectivity index (χ4n) is 4.31. The summed E-state index contributed by atoms with van der Waals surface area (Å²) in [4.78, 5) is 2.54. The van der Waals surface area contributed by atoms with Crippen LogP contribution in [-0.2, 0) is 0 Å². The van der Waals surface area contributed by atoms with Crippen LogP contribution in [0.2, 0.25) is 0 Å². The molecule has 116 valence electrons. The molecular weight excluding hydrogens is 263 g/mol. The summed E-state index contributed by atoms with van der Waals surface area (Å²) in [7, 11) is 0. The van der Waals surface area contributed by atoms with Gasteiger partial charge in [0.05, 0.1) is 0 Å². The van der Waals surface area contributed by atoms with Crippen LogP contribution in [0, 0.1) is 11.2 Å². The van der Waals surface area contributed by atoms with E-state index in [0.29, 0.717) is 5.41 Å². The summed E-state index contributed by atoms with van der Waals surface area (Å²) in [6.07, 6.45) is 6.15. The van der Waals surface area contributed by atoms with Crippen LogP contribution in [0.1, 0.15) is 50.6 Å². The molecule has 0 saturated carbocycles. The molecule has 2 nitrogen and oxygen atoms in total. The van der Waals surface area contributed by atoms with E-state index < -0.39 is 0 Å². The van der Waals surface area contributed by atoms with Crippen molar-refractivity contribution >= 4 is 0 Å². The quantitative estimate of drug-likeness (QED) is 0.912. The molecule has 0 bridgehead atoms. The summed E-state index contributed by atoms with van der Waals surface area (Å²) in [5.41, 5.74) is 1.30. The topological polar surface area (TPSA) is 15.3 Å². The molecule has 0 amide bonds. The van der Waals surface area contributed by atoms with Crippen molar-refractivity contribution in [3.05, 3.63) is 35.6 Å². The van der Waals surface area contributed by atoms with E-state index in [0.717, 1.165) is 38.2 Å². The first-order chi connectivity index (χ1) is 10.2. The van der Waals surface area contributed by atoms with E-state index in [-0.39, 0.29) is 11.9 Å². The smallest absolute Gasteiger partial charge is 0.127 e. The van der Waals surface area contributed by atoms with Crippen molar-refractivity contribution in [3.63, 3.8) is 0 Å². The molecule has 3 rings (SSSR count). The molecule has 2 aliphatic heterocycles. The van der Waals surface area contributed by atoms with Gasteiger partial charge in [-0.3, -0.25) is 4.90 Å². The van der Waals surface area contributed by atoms with Gasteiger partial charge in [0.1, 0.15) is 5.82 Å². The highest BCUT2D eigenvalue weighted by atomic mass is 19.1. The Kier molecular flexibility index (Phi) is 4.60. The molecule has 2 aliphatic rings. The minimum absolute atomic E-state index is 0.0502. The number of nitrogens with one attached hydrogen (secondary N) is 1. The lowest BCUT2D eigenvalue weighted by Crippen LogP contribution is -2.51. The monoisotopic (exact) mass is 290 g/mol. The van der Waals surface area contributed by atoms with Crippen molar-refractivity contribution in [2.75, 3.05) is 26.2 Å². The molecule has 2 heterocycles. The first-order valence-electron chi connectivity index (χ1n) is 8.43. The predicted octanol–water partition coefficient (Wildman–Crippen LogP) is 3.74. The van der Waals surface area contributed by atoms with Gasteiger partial charge >= 0.3 is 0 Å². The first kappa shape index (κ1) is 15.0. The van der Waals surface area contributed by atoms with Crippen molar-refractivity contribution < 1.29 is 4.39 Å². The van der Waals surface area contributed by atoms with E-state index in [1.807, 2.05) is 12.1 Å². The van der Waals surface area contributed by atoms with Gasteiger partial charge in [-0.05, 0) is 56.7 Å². The second-order valence-corrected chi connectivity index (χ2v) is 6.80. The maximum Gasteiger partial charge on any atom is 0.127 e. The summed E-state index contributed by atoms with van der Waals surface area (Å²) in [6.45, 7) is 6.70. The second-order valence-electron chi connectivity index (χ2n) is 6.80. The standard InChI is InChI=1S/C18H27FN2/c1-2-17(15-7-3-4-8-16(15)19)21-12-6-10-18(14-21)9-5-11-20-13-18/h3-4,7-8,17,20H,2,5-6,9-14H2,1H3. The van der Waals surface area contributed by atoms with Gasteiger partial charge in [0.15, 0.2) is 0 Å². The molecular formula is C18H27FN2. The van der Waals surface area contributed by atoms with Gasteiger partial charge in [-0.1, -0.05) is 25.1 Å². The van der Waals surface area contributed by atoms with Crippen LogP contribution in [-0.4, -0.2) is 31.1 Å². The van der Waals surface area contributed by atoms with E-state index in [9.17, 15) is 4.39 Å². The van der Waals surface area contributed by atoms with Crippen molar-refractivity contribution in [1.82, 2.24) is 10.2 Å². The molecule has 2 saturated heterocycles. The van der Waals surface area contributed by atoms with E-state index >= 15 is 0 Å². The van der Waals surface area contributed by atoms with Crippen molar-refractivity contribution in [2.24, 2.45) is 5.41 Å². The molecule has 3 heteroatoms. The first-order valence-corrected chi connectivity index (χ1v) is 8.43. The zero-order valence-corrected chi connectivity index (χ0v) is 13.1. The minimum atomic E-state index is -0.0502. The molecule has 2 atom stereocenters. The lowest BCUT2D eigenvalue weighted by molar-refractivity contribution is 0.0346. The molecule has 2 unspecified atom stereocenters. The lowest BCUT2D eigenvalue weighted by atomic mass is 9.74. The molecule has 0 aromatic heterocycles. The third-order valence-electron chi connectivity index (χ3n) is 5.34. The summed E-state index contributed by atoms with van der Waals surface area (Å²) in [5, 5.41) is 3.57. The number of hydrogen-bond donors (Lipinski definition) is 1. The number of nitrogens with zero attached hydrogens (tertiary/aromatic N) is 1. The fourth-order valence-corrected chi connectivity index (χ4v) is 4.31. The van der Waals surface area contributed by atoms with Crippen molar-refractivity contribution in [2.45, 2.75) is 45.1 Å². The number of piperidine rings is 2. The van der Waals surface area contributed by atoms with E-state index in [2.05, 4.69) is 17.1 Å². The fraction of sp³-hybridized carbons (Fsp3) is 0.667. The Morgan fingerprint density at radius 2 is 2.10 bits per heavy atom. The van der Waals surface area contributed by atoms with E-state index in [4.69, 9.17) is 0 Å². The van der Waals surface area contributed by atoms with Gasteiger partial charge < -0.3 is 5.32 Å². The Bertz CT molecular complexity index is 463. The van der Waals surface area contributed by atoms with Crippen LogP contribution in [0.5, 0.6) is 0 Å². The summed E-state index contributed by atoms with van der Waals surface area (Å²) in [5.74, 6) is -0.0502. The number of rotatable bonds is 3. The minimum Gasteiger partial charge on any atom is -0.316 e. The normalized spacial score (nSPS) is 28.7. The molecule has 0 aliphatic carbocycles. The van der Waals surface area contributed by atoms with Crippen molar-refractivity contribution in [1.29, 1.82) is 0 Å². The second kappa shape index (κ2) is 6.45.